The quantitative estimate of drug-likeness (QED) is 0.569. The average molecular weight is 390 g/mol. The van der Waals surface area contributed by atoms with Crippen molar-refractivity contribution in [2.24, 2.45) is 10.5 Å². The molecule has 0 aromatic heterocycles. The lowest BCUT2D eigenvalue weighted by Crippen LogP contribution is -2.41. The highest BCUT2D eigenvalue weighted by molar-refractivity contribution is 5.95. The summed E-state index contributed by atoms with van der Waals surface area (Å²) in [5.74, 6) is -0.193. The largest absolute Gasteiger partial charge is 0.371 e. The van der Waals surface area contributed by atoms with Crippen molar-refractivity contribution < 1.29 is 4.79 Å². The van der Waals surface area contributed by atoms with Crippen molar-refractivity contribution in [3.8, 4) is 0 Å². The van der Waals surface area contributed by atoms with Gasteiger partial charge < -0.3 is 4.90 Å². The first-order chi connectivity index (χ1) is 14.2. The van der Waals surface area contributed by atoms with E-state index in [9.17, 15) is 4.79 Å². The zero-order valence-corrected chi connectivity index (χ0v) is 17.4. The molecule has 4 rings (SSSR count). The number of nitrogens with zero attached hydrogens (tertiary/aromatic N) is 2. The summed E-state index contributed by atoms with van der Waals surface area (Å²) < 4.78 is 0. The lowest BCUT2D eigenvalue weighted by molar-refractivity contribution is 0.0955. The SMILES string of the molecule is Cc1cc(N2CCC3(CCCCC3)CC2)ccc1C=NNC(=O)c1ccccc1. The summed E-state index contributed by atoms with van der Waals surface area (Å²) in [5.41, 5.74) is 7.36. The highest BCUT2D eigenvalue weighted by Crippen LogP contribution is 2.45. The van der Waals surface area contributed by atoms with Crippen molar-refractivity contribution >= 4 is 17.8 Å². The third kappa shape index (κ3) is 4.69. The number of hydrazone groups is 1. The minimum atomic E-state index is -0.193. The highest BCUT2D eigenvalue weighted by Gasteiger charge is 2.35. The molecule has 1 N–H and O–H groups in total. The maximum Gasteiger partial charge on any atom is 0.271 e. The Morgan fingerprint density at radius 1 is 1.00 bits per heavy atom. The predicted molar refractivity (Wildman–Crippen MR) is 120 cm³/mol. The molecule has 2 aromatic rings. The molecule has 29 heavy (non-hydrogen) atoms. The first-order valence-corrected chi connectivity index (χ1v) is 10.9. The number of carbonyl (C=O) groups excluding carboxylic acids is 1. The maximum absolute atomic E-state index is 12.1. The van der Waals surface area contributed by atoms with E-state index >= 15 is 0 Å². The van der Waals surface area contributed by atoms with E-state index in [1.54, 1.807) is 18.3 Å². The Morgan fingerprint density at radius 3 is 2.41 bits per heavy atom. The lowest BCUT2D eigenvalue weighted by atomic mass is 9.68. The van der Waals surface area contributed by atoms with E-state index in [4.69, 9.17) is 0 Å². The third-order valence-corrected chi connectivity index (χ3v) is 6.76. The highest BCUT2D eigenvalue weighted by atomic mass is 16.2. The van der Waals surface area contributed by atoms with Crippen LogP contribution in [-0.2, 0) is 0 Å². The van der Waals surface area contributed by atoms with E-state index in [0.29, 0.717) is 11.0 Å². The summed E-state index contributed by atoms with van der Waals surface area (Å²) in [6.45, 7) is 4.44. The minimum absolute atomic E-state index is 0.193. The summed E-state index contributed by atoms with van der Waals surface area (Å²) in [6.07, 6.45) is 11.5. The number of aryl methyl sites for hydroxylation is 1. The molecule has 0 radical (unpaired) electrons. The van der Waals surface area contributed by atoms with Crippen LogP contribution < -0.4 is 10.3 Å². The van der Waals surface area contributed by atoms with Crippen molar-refractivity contribution in [3.05, 3.63) is 65.2 Å². The fourth-order valence-corrected chi connectivity index (χ4v) is 4.86. The maximum atomic E-state index is 12.1. The number of carbonyl (C=O) groups is 1. The van der Waals surface area contributed by atoms with Crippen LogP contribution in [0.3, 0.4) is 0 Å². The number of hydrogen-bond acceptors (Lipinski definition) is 3. The number of amides is 1. The van der Waals surface area contributed by atoms with E-state index in [1.165, 1.54) is 69.3 Å². The van der Waals surface area contributed by atoms with Crippen molar-refractivity contribution in [2.75, 3.05) is 18.0 Å². The first kappa shape index (κ1) is 19.7. The molecule has 4 heteroatoms. The zero-order valence-electron chi connectivity index (χ0n) is 17.4. The summed E-state index contributed by atoms with van der Waals surface area (Å²) in [4.78, 5) is 14.6. The molecular formula is C25H31N3O. The van der Waals surface area contributed by atoms with Gasteiger partial charge in [0.05, 0.1) is 6.21 Å². The van der Waals surface area contributed by atoms with E-state index in [0.717, 1.165) is 5.56 Å². The molecule has 1 amide bonds. The molecule has 1 heterocycles. The third-order valence-electron chi connectivity index (χ3n) is 6.76. The fourth-order valence-electron chi connectivity index (χ4n) is 4.86. The van der Waals surface area contributed by atoms with Gasteiger partial charge in [-0.3, -0.25) is 4.79 Å². The van der Waals surface area contributed by atoms with Gasteiger partial charge in [-0.15, -0.1) is 0 Å². The molecule has 0 unspecified atom stereocenters. The molecule has 4 nitrogen and oxygen atoms in total. The van der Waals surface area contributed by atoms with Gasteiger partial charge in [0, 0.05) is 24.3 Å². The second-order valence-corrected chi connectivity index (χ2v) is 8.65. The molecule has 0 bridgehead atoms. The van der Waals surface area contributed by atoms with E-state index in [-0.39, 0.29) is 5.91 Å². The van der Waals surface area contributed by atoms with Gasteiger partial charge in [-0.2, -0.15) is 5.10 Å². The van der Waals surface area contributed by atoms with Crippen LogP contribution in [-0.4, -0.2) is 25.2 Å². The normalized spacial score (nSPS) is 18.9. The molecule has 0 atom stereocenters. The van der Waals surface area contributed by atoms with Gasteiger partial charge in [-0.05, 0) is 73.4 Å². The number of piperidine rings is 1. The van der Waals surface area contributed by atoms with Gasteiger partial charge in [0.1, 0.15) is 0 Å². The minimum Gasteiger partial charge on any atom is -0.371 e. The zero-order chi connectivity index (χ0) is 20.1. The Morgan fingerprint density at radius 2 is 1.72 bits per heavy atom. The van der Waals surface area contributed by atoms with Crippen molar-refractivity contribution in [2.45, 2.75) is 51.9 Å². The van der Waals surface area contributed by atoms with Gasteiger partial charge in [-0.1, -0.05) is 43.5 Å². The topological polar surface area (TPSA) is 44.7 Å². The Hall–Kier alpha value is -2.62. The number of nitrogens with one attached hydrogen (secondary N) is 1. The number of rotatable bonds is 4. The van der Waals surface area contributed by atoms with Crippen molar-refractivity contribution in [3.63, 3.8) is 0 Å². The standard InChI is InChI=1S/C25H31N3O/c1-20-18-23(28-16-14-25(15-17-28)12-6-3-7-13-25)11-10-22(20)19-26-27-24(29)21-8-4-2-5-9-21/h2,4-5,8-11,18-19H,3,6-7,12-17H2,1H3,(H,27,29). The second-order valence-electron chi connectivity index (χ2n) is 8.65. The van der Waals surface area contributed by atoms with Crippen molar-refractivity contribution in [1.82, 2.24) is 5.43 Å². The summed E-state index contributed by atoms with van der Waals surface area (Å²) in [5, 5.41) is 4.14. The van der Waals surface area contributed by atoms with E-state index in [2.05, 4.69) is 40.5 Å². The number of benzene rings is 2. The van der Waals surface area contributed by atoms with Crippen LogP contribution in [0.4, 0.5) is 5.69 Å². The molecule has 2 aromatic carbocycles. The summed E-state index contributed by atoms with van der Waals surface area (Å²) in [6, 6.07) is 15.7. The fraction of sp³-hybridized carbons (Fsp3) is 0.440. The van der Waals surface area contributed by atoms with Crippen LogP contribution in [0, 0.1) is 12.3 Å². The number of hydrogen-bond donors (Lipinski definition) is 1. The van der Waals surface area contributed by atoms with Crippen LogP contribution >= 0.6 is 0 Å². The molecule has 1 saturated heterocycles. The molecule has 1 aliphatic carbocycles. The Bertz CT molecular complexity index is 859. The van der Waals surface area contributed by atoms with Crippen LogP contribution in [0.2, 0.25) is 0 Å². The molecule has 2 fully saturated rings. The van der Waals surface area contributed by atoms with Crippen LogP contribution in [0.15, 0.2) is 53.6 Å². The molecule has 1 spiro atoms. The lowest BCUT2D eigenvalue weighted by Gasteiger charge is -2.45. The van der Waals surface area contributed by atoms with Gasteiger partial charge in [0.25, 0.3) is 5.91 Å². The molecule has 1 saturated carbocycles. The van der Waals surface area contributed by atoms with Crippen LogP contribution in [0.5, 0.6) is 0 Å². The average Bonchev–Trinajstić information content (AvgIpc) is 2.76. The number of anilines is 1. The van der Waals surface area contributed by atoms with Gasteiger partial charge in [-0.25, -0.2) is 5.43 Å². The van der Waals surface area contributed by atoms with E-state index in [1.807, 2.05) is 18.2 Å². The molecular weight excluding hydrogens is 358 g/mol. The summed E-state index contributed by atoms with van der Waals surface area (Å²) >= 11 is 0. The Balaban J connectivity index is 1.35. The first-order valence-electron chi connectivity index (χ1n) is 10.9. The Labute approximate surface area is 174 Å². The molecule has 1 aliphatic heterocycles. The Kier molecular flexibility index (Phi) is 5.98. The summed E-state index contributed by atoms with van der Waals surface area (Å²) in [7, 11) is 0. The predicted octanol–water partition coefficient (Wildman–Crippen LogP) is 5.31. The molecule has 2 aliphatic rings. The van der Waals surface area contributed by atoms with Crippen molar-refractivity contribution in [1.29, 1.82) is 0 Å². The van der Waals surface area contributed by atoms with Crippen LogP contribution in [0.25, 0.3) is 0 Å². The smallest absolute Gasteiger partial charge is 0.271 e. The van der Waals surface area contributed by atoms with Crippen LogP contribution in [0.1, 0.15) is 66.4 Å². The van der Waals surface area contributed by atoms with Gasteiger partial charge in [0.2, 0.25) is 0 Å². The van der Waals surface area contributed by atoms with E-state index < -0.39 is 0 Å². The van der Waals surface area contributed by atoms with Gasteiger partial charge >= 0.3 is 0 Å². The molecule has 152 valence electrons. The monoisotopic (exact) mass is 389 g/mol. The van der Waals surface area contributed by atoms with Gasteiger partial charge in [0.15, 0.2) is 0 Å². The second kappa shape index (κ2) is 8.81.